The molecule has 1 aliphatic heterocycles. The van der Waals surface area contributed by atoms with Crippen molar-refractivity contribution in [2.45, 2.75) is 30.6 Å². The van der Waals surface area contributed by atoms with E-state index in [1.54, 1.807) is 12.1 Å². The second-order valence-corrected chi connectivity index (χ2v) is 11.2. The number of benzene rings is 1. The summed E-state index contributed by atoms with van der Waals surface area (Å²) in [7, 11) is 0. The average Bonchev–Trinajstić information content (AvgIpc) is 2.94. The highest BCUT2D eigenvalue weighted by Crippen LogP contribution is 2.27. The summed E-state index contributed by atoms with van der Waals surface area (Å²) in [5, 5.41) is 6.63. The third-order valence-corrected chi connectivity index (χ3v) is 8.10. The van der Waals surface area contributed by atoms with Gasteiger partial charge in [-0.3, -0.25) is 14.3 Å². The van der Waals surface area contributed by atoms with Gasteiger partial charge in [-0.05, 0) is 42.4 Å². The van der Waals surface area contributed by atoms with Gasteiger partial charge in [0.2, 0.25) is 11.7 Å². The molecule has 0 radical (unpaired) electrons. The van der Waals surface area contributed by atoms with E-state index in [-0.39, 0.29) is 40.2 Å². The monoisotopic (exact) mass is 599 g/mol. The zero-order valence-electron chi connectivity index (χ0n) is 22.3. The van der Waals surface area contributed by atoms with Crippen LogP contribution >= 0.6 is 0 Å². The average molecular weight is 600 g/mol. The van der Waals surface area contributed by atoms with Crippen molar-refractivity contribution >= 4 is 39.5 Å². The number of fused-ring (bicyclic) bond motifs is 1. The Kier molecular flexibility index (Phi) is 8.35. The van der Waals surface area contributed by atoms with Crippen molar-refractivity contribution in [1.82, 2.24) is 24.8 Å². The first-order valence-corrected chi connectivity index (χ1v) is 14.1. The van der Waals surface area contributed by atoms with Crippen LogP contribution in [0.1, 0.15) is 18.1 Å². The van der Waals surface area contributed by atoms with E-state index in [0.29, 0.717) is 29.9 Å². The Hall–Kier alpha value is -4.19. The summed E-state index contributed by atoms with van der Waals surface area (Å²) in [4.78, 5) is 27.7. The molecule has 0 aliphatic carbocycles. The van der Waals surface area contributed by atoms with Crippen LogP contribution in [-0.2, 0) is 17.7 Å². The highest BCUT2D eigenvalue weighted by atomic mass is 32.2. The number of aromatic nitrogens is 4. The first kappa shape index (κ1) is 29.3. The number of anilines is 3. The summed E-state index contributed by atoms with van der Waals surface area (Å²) in [5.41, 5.74) is 0.426. The van der Waals surface area contributed by atoms with Crippen molar-refractivity contribution in [2.24, 2.45) is 0 Å². The maximum Gasteiger partial charge on any atom is 0.433 e. The van der Waals surface area contributed by atoms with Gasteiger partial charge in [-0.2, -0.15) is 18.2 Å². The van der Waals surface area contributed by atoms with Crippen molar-refractivity contribution in [3.8, 4) is 12.3 Å². The van der Waals surface area contributed by atoms with E-state index in [1.165, 1.54) is 36.8 Å². The van der Waals surface area contributed by atoms with Gasteiger partial charge >= 0.3 is 6.18 Å². The molecule has 1 aromatic carbocycles. The minimum Gasteiger partial charge on any atom is -0.611 e. The lowest BCUT2D eigenvalue weighted by molar-refractivity contribution is -0.106. The van der Waals surface area contributed by atoms with Crippen LogP contribution in [0, 0.1) is 18.2 Å². The first-order chi connectivity index (χ1) is 20.0. The summed E-state index contributed by atoms with van der Waals surface area (Å²) >= 11 is -2.43. The van der Waals surface area contributed by atoms with Gasteiger partial charge in [0.05, 0.1) is 17.8 Å². The fraction of sp³-hybridized carbons (Fsp3) is 0.286. The summed E-state index contributed by atoms with van der Waals surface area (Å²) < 4.78 is 67.7. The fourth-order valence-corrected chi connectivity index (χ4v) is 5.82. The van der Waals surface area contributed by atoms with Crippen LogP contribution in [0.25, 0.3) is 11.0 Å². The fourth-order valence-electron chi connectivity index (χ4n) is 4.74. The third kappa shape index (κ3) is 6.48. The molecule has 0 spiro atoms. The number of pyridine rings is 2. The Morgan fingerprint density at radius 3 is 2.79 bits per heavy atom. The topological polar surface area (TPSA) is 111 Å². The van der Waals surface area contributed by atoms with Gasteiger partial charge in [0.1, 0.15) is 11.5 Å². The molecule has 4 heterocycles. The molecule has 3 aromatic heterocycles. The van der Waals surface area contributed by atoms with Crippen molar-refractivity contribution in [2.75, 3.05) is 35.6 Å². The number of nitrogens with one attached hydrogen (secondary N) is 2. The predicted molar refractivity (Wildman–Crippen MR) is 152 cm³/mol. The molecule has 2 unspecified atom stereocenters. The van der Waals surface area contributed by atoms with Crippen LogP contribution < -0.4 is 21.1 Å². The molecule has 9 nitrogen and oxygen atoms in total. The molecular weight excluding hydrogens is 574 g/mol. The van der Waals surface area contributed by atoms with E-state index in [0.717, 1.165) is 11.1 Å². The van der Waals surface area contributed by atoms with E-state index in [2.05, 4.69) is 31.5 Å². The third-order valence-electron chi connectivity index (χ3n) is 6.62. The molecule has 1 saturated heterocycles. The summed E-state index contributed by atoms with van der Waals surface area (Å²) in [6.07, 6.45) is 4.75. The highest BCUT2D eigenvalue weighted by molar-refractivity contribution is 7.91. The van der Waals surface area contributed by atoms with Crippen LogP contribution in [0.4, 0.5) is 34.9 Å². The maximum absolute atomic E-state index is 15.1. The second-order valence-electron chi connectivity index (χ2n) is 9.75. The lowest BCUT2D eigenvalue weighted by atomic mass is 10.2. The molecular formula is C28H25F4N7O2S. The molecule has 42 heavy (non-hydrogen) atoms. The number of piperazine rings is 1. The van der Waals surface area contributed by atoms with Crippen LogP contribution in [0.5, 0.6) is 0 Å². The summed E-state index contributed by atoms with van der Waals surface area (Å²) in [5.74, 6) is 0.359. The summed E-state index contributed by atoms with van der Waals surface area (Å²) in [6, 6.07) is 7.54. The minimum atomic E-state index is -4.66. The molecule has 2 N–H and O–H groups in total. The van der Waals surface area contributed by atoms with Gasteiger partial charge in [-0.1, -0.05) is 5.92 Å². The normalized spacial score (nSPS) is 16.3. The number of rotatable bonds is 7. The van der Waals surface area contributed by atoms with Gasteiger partial charge in [0.25, 0.3) is 5.56 Å². The van der Waals surface area contributed by atoms with E-state index in [1.807, 2.05) is 11.8 Å². The van der Waals surface area contributed by atoms with Gasteiger partial charge in [0.15, 0.2) is 4.90 Å². The smallest absolute Gasteiger partial charge is 0.433 e. The predicted octanol–water partition coefficient (Wildman–Crippen LogP) is 3.57. The number of nitrogens with zero attached hydrogens (tertiary/aromatic N) is 5. The molecule has 1 aliphatic rings. The Bertz CT molecular complexity index is 1720. The van der Waals surface area contributed by atoms with Crippen molar-refractivity contribution in [3.63, 3.8) is 0 Å². The Morgan fingerprint density at radius 2 is 2.07 bits per heavy atom. The highest BCUT2D eigenvalue weighted by Gasteiger charge is 2.36. The van der Waals surface area contributed by atoms with Gasteiger partial charge in [0, 0.05) is 67.0 Å². The Balaban J connectivity index is 1.49. The van der Waals surface area contributed by atoms with Gasteiger partial charge in [-0.25, -0.2) is 9.37 Å². The number of terminal acetylenes is 1. The standard InChI is InChI=1S/C28H25F4N7O2S/c1-3-18-10-19-13-35-27(36-21-4-5-23(22(29)11-21)38-9-8-34-17(2)14-38)37-25(19)39(26(18)40)15-20-12-33-7-6-24(20)42(41)16-28(30,31)32/h1,4-7,10-13,17,34H,8-9,14-16H2,2H3,(H,35,36,37). The van der Waals surface area contributed by atoms with Gasteiger partial charge < -0.3 is 20.1 Å². The summed E-state index contributed by atoms with van der Waals surface area (Å²) in [6.45, 7) is 3.80. The zero-order valence-corrected chi connectivity index (χ0v) is 23.1. The number of alkyl halides is 3. The minimum absolute atomic E-state index is 0.0199. The van der Waals surface area contributed by atoms with Crippen molar-refractivity contribution in [1.29, 1.82) is 0 Å². The molecule has 1 fully saturated rings. The lowest BCUT2D eigenvalue weighted by Gasteiger charge is -2.33. The van der Waals surface area contributed by atoms with Crippen LogP contribution in [0.15, 0.2) is 58.6 Å². The largest absolute Gasteiger partial charge is 0.611 e. The molecule has 2 atom stereocenters. The molecule has 0 amide bonds. The molecule has 0 saturated carbocycles. The zero-order chi connectivity index (χ0) is 30.0. The van der Waals surface area contributed by atoms with E-state index in [4.69, 9.17) is 6.42 Å². The maximum atomic E-state index is 15.1. The Labute approximate surface area is 241 Å². The van der Waals surface area contributed by atoms with Crippen LogP contribution in [0.3, 0.4) is 0 Å². The first-order valence-electron chi connectivity index (χ1n) is 12.8. The van der Waals surface area contributed by atoms with Crippen LogP contribution in [-0.4, -0.2) is 61.7 Å². The number of halogens is 4. The molecule has 218 valence electrons. The molecule has 14 heteroatoms. The van der Waals surface area contributed by atoms with Crippen LogP contribution in [0.2, 0.25) is 0 Å². The quantitative estimate of drug-likeness (QED) is 0.189. The van der Waals surface area contributed by atoms with Gasteiger partial charge in [-0.15, -0.1) is 6.42 Å². The molecule has 0 bridgehead atoms. The second kappa shape index (κ2) is 12.0. The van der Waals surface area contributed by atoms with Crippen molar-refractivity contribution < 1.29 is 22.1 Å². The number of hydrogen-bond acceptors (Lipinski definition) is 8. The van der Waals surface area contributed by atoms with Crippen molar-refractivity contribution in [3.05, 3.63) is 76.2 Å². The number of hydrogen-bond donors (Lipinski definition) is 2. The van der Waals surface area contributed by atoms with E-state index >= 15 is 4.39 Å². The lowest BCUT2D eigenvalue weighted by Crippen LogP contribution is -2.49. The SMILES string of the molecule is C#Cc1cc2cnc(Nc3ccc(N4CCNC(C)C4)c(F)c3)nc2n(Cc2cnccc2[S+]([O-])CC(F)(F)F)c1=O. The van der Waals surface area contributed by atoms with E-state index in [9.17, 15) is 22.5 Å². The van der Waals surface area contributed by atoms with E-state index < -0.39 is 34.5 Å². The molecule has 4 aromatic rings. The molecule has 5 rings (SSSR count). The Morgan fingerprint density at radius 1 is 1.26 bits per heavy atom.